The molecular formula is C22H26N2O5. The Kier molecular flexibility index (Phi) is 6.94. The van der Waals surface area contributed by atoms with Gasteiger partial charge in [0, 0.05) is 26.2 Å². The molecule has 3 rings (SSSR count). The van der Waals surface area contributed by atoms with Crippen LogP contribution in [0.2, 0.25) is 0 Å². The first kappa shape index (κ1) is 20.5. The molecule has 0 aromatic heterocycles. The summed E-state index contributed by atoms with van der Waals surface area (Å²) >= 11 is 0. The fourth-order valence-corrected chi connectivity index (χ4v) is 3.23. The van der Waals surface area contributed by atoms with Gasteiger partial charge in [-0.25, -0.2) is 0 Å². The molecule has 2 aromatic rings. The average molecular weight is 398 g/mol. The zero-order chi connectivity index (χ0) is 20.6. The van der Waals surface area contributed by atoms with Crippen molar-refractivity contribution in [3.05, 3.63) is 54.1 Å². The van der Waals surface area contributed by atoms with Crippen LogP contribution in [0.5, 0.6) is 17.2 Å². The Balaban J connectivity index is 1.53. The van der Waals surface area contributed by atoms with Crippen LogP contribution >= 0.6 is 0 Å². The van der Waals surface area contributed by atoms with Gasteiger partial charge in [0.05, 0.1) is 19.3 Å². The third-order valence-electron chi connectivity index (χ3n) is 4.76. The van der Waals surface area contributed by atoms with Gasteiger partial charge in [0.15, 0.2) is 18.1 Å². The Bertz CT molecular complexity index is 847. The second-order valence-electron chi connectivity index (χ2n) is 6.54. The number of amides is 2. The molecule has 1 heterocycles. The zero-order valence-electron chi connectivity index (χ0n) is 16.8. The highest BCUT2D eigenvalue weighted by Crippen LogP contribution is 2.26. The number of carbonyl (C=O) groups excluding carboxylic acids is 2. The van der Waals surface area contributed by atoms with Gasteiger partial charge in [0.25, 0.3) is 11.8 Å². The largest absolute Gasteiger partial charge is 0.496 e. The average Bonchev–Trinajstić information content (AvgIpc) is 2.78. The van der Waals surface area contributed by atoms with Crippen LogP contribution in [-0.4, -0.2) is 68.1 Å². The SMILES string of the molecule is CCOc1ccccc1OCC(=O)N1CCN(C(=O)c2ccccc2OC)CC1. The van der Waals surface area contributed by atoms with E-state index >= 15 is 0 Å². The lowest BCUT2D eigenvalue weighted by molar-refractivity contribution is -0.134. The molecule has 1 fully saturated rings. The first-order valence-electron chi connectivity index (χ1n) is 9.68. The van der Waals surface area contributed by atoms with Crippen LogP contribution in [-0.2, 0) is 4.79 Å². The van der Waals surface area contributed by atoms with Crippen LogP contribution in [0.1, 0.15) is 17.3 Å². The van der Waals surface area contributed by atoms with E-state index in [1.54, 1.807) is 35.1 Å². The molecule has 7 heteroatoms. The molecule has 0 atom stereocenters. The smallest absolute Gasteiger partial charge is 0.260 e. The van der Waals surface area contributed by atoms with Crippen LogP contribution < -0.4 is 14.2 Å². The van der Waals surface area contributed by atoms with Gasteiger partial charge in [-0.1, -0.05) is 24.3 Å². The summed E-state index contributed by atoms with van der Waals surface area (Å²) in [6.45, 7) is 4.23. The van der Waals surface area contributed by atoms with Gasteiger partial charge in [-0.15, -0.1) is 0 Å². The monoisotopic (exact) mass is 398 g/mol. The van der Waals surface area contributed by atoms with Crippen LogP contribution in [0.25, 0.3) is 0 Å². The second kappa shape index (κ2) is 9.82. The number of nitrogens with zero attached hydrogens (tertiary/aromatic N) is 2. The first-order valence-corrected chi connectivity index (χ1v) is 9.68. The molecule has 0 aliphatic carbocycles. The number of hydrogen-bond donors (Lipinski definition) is 0. The van der Waals surface area contributed by atoms with Crippen molar-refractivity contribution >= 4 is 11.8 Å². The molecule has 29 heavy (non-hydrogen) atoms. The van der Waals surface area contributed by atoms with Gasteiger partial charge in [0.2, 0.25) is 0 Å². The van der Waals surface area contributed by atoms with E-state index in [0.717, 1.165) is 0 Å². The third-order valence-corrected chi connectivity index (χ3v) is 4.76. The number of ether oxygens (including phenoxy) is 3. The van der Waals surface area contributed by atoms with E-state index in [2.05, 4.69) is 0 Å². The van der Waals surface area contributed by atoms with Crippen molar-refractivity contribution in [2.45, 2.75) is 6.92 Å². The summed E-state index contributed by atoms with van der Waals surface area (Å²) < 4.78 is 16.5. The molecule has 1 aliphatic rings. The van der Waals surface area contributed by atoms with E-state index in [-0.39, 0.29) is 18.4 Å². The van der Waals surface area contributed by atoms with Crippen molar-refractivity contribution in [1.29, 1.82) is 0 Å². The molecule has 0 spiro atoms. The quantitative estimate of drug-likeness (QED) is 0.717. The third kappa shape index (κ3) is 4.99. The maximum absolute atomic E-state index is 12.8. The van der Waals surface area contributed by atoms with Crippen LogP contribution in [0.3, 0.4) is 0 Å². The minimum absolute atomic E-state index is 0.0649. The maximum Gasteiger partial charge on any atom is 0.260 e. The van der Waals surface area contributed by atoms with Crippen LogP contribution in [0.4, 0.5) is 0 Å². The van der Waals surface area contributed by atoms with Crippen molar-refractivity contribution in [2.75, 3.05) is 46.5 Å². The highest BCUT2D eigenvalue weighted by molar-refractivity contribution is 5.97. The molecule has 7 nitrogen and oxygen atoms in total. The Labute approximate surface area is 170 Å². The summed E-state index contributed by atoms with van der Waals surface area (Å²) in [4.78, 5) is 28.8. The number of methoxy groups -OCH3 is 1. The van der Waals surface area contributed by atoms with Crippen LogP contribution in [0.15, 0.2) is 48.5 Å². The Morgan fingerprint density at radius 1 is 0.828 bits per heavy atom. The van der Waals surface area contributed by atoms with Gasteiger partial charge in [-0.3, -0.25) is 9.59 Å². The number of para-hydroxylation sites is 3. The summed E-state index contributed by atoms with van der Waals surface area (Å²) in [5.41, 5.74) is 0.533. The molecule has 0 saturated carbocycles. The summed E-state index contributed by atoms with van der Waals surface area (Å²) in [6.07, 6.45) is 0. The van der Waals surface area contributed by atoms with Gasteiger partial charge >= 0.3 is 0 Å². The number of benzene rings is 2. The fourth-order valence-electron chi connectivity index (χ4n) is 3.23. The highest BCUT2D eigenvalue weighted by Gasteiger charge is 2.26. The molecule has 0 radical (unpaired) electrons. The van der Waals surface area contributed by atoms with Gasteiger partial charge < -0.3 is 24.0 Å². The Hall–Kier alpha value is -3.22. The summed E-state index contributed by atoms with van der Waals surface area (Å²) in [7, 11) is 1.55. The predicted octanol–water partition coefficient (Wildman–Crippen LogP) is 2.46. The predicted molar refractivity (Wildman–Crippen MR) is 109 cm³/mol. The minimum Gasteiger partial charge on any atom is -0.496 e. The van der Waals surface area contributed by atoms with Crippen molar-refractivity contribution < 1.29 is 23.8 Å². The van der Waals surface area contributed by atoms with E-state index in [1.165, 1.54) is 0 Å². The molecule has 1 aliphatic heterocycles. The number of piperazine rings is 1. The first-order chi connectivity index (χ1) is 14.1. The lowest BCUT2D eigenvalue weighted by Crippen LogP contribution is -2.51. The second-order valence-corrected chi connectivity index (χ2v) is 6.54. The minimum atomic E-state index is -0.110. The molecule has 1 saturated heterocycles. The van der Waals surface area contributed by atoms with Gasteiger partial charge in [-0.05, 0) is 31.2 Å². The topological polar surface area (TPSA) is 68.3 Å². The Morgan fingerprint density at radius 2 is 1.38 bits per heavy atom. The van der Waals surface area contributed by atoms with E-state index in [0.29, 0.717) is 55.6 Å². The van der Waals surface area contributed by atoms with Gasteiger partial charge in [-0.2, -0.15) is 0 Å². The van der Waals surface area contributed by atoms with Crippen molar-refractivity contribution in [2.24, 2.45) is 0 Å². The van der Waals surface area contributed by atoms with Crippen molar-refractivity contribution in [3.8, 4) is 17.2 Å². The normalized spacial score (nSPS) is 13.7. The van der Waals surface area contributed by atoms with E-state index in [1.807, 2.05) is 37.3 Å². The summed E-state index contributed by atoms with van der Waals surface area (Å²) in [5, 5.41) is 0. The van der Waals surface area contributed by atoms with E-state index < -0.39 is 0 Å². The van der Waals surface area contributed by atoms with Crippen LogP contribution in [0, 0.1) is 0 Å². The van der Waals surface area contributed by atoms with Crippen molar-refractivity contribution in [1.82, 2.24) is 9.80 Å². The molecule has 154 valence electrons. The molecule has 0 unspecified atom stereocenters. The molecular weight excluding hydrogens is 372 g/mol. The summed E-state index contributed by atoms with van der Waals surface area (Å²) in [5.74, 6) is 1.53. The van der Waals surface area contributed by atoms with E-state index in [4.69, 9.17) is 14.2 Å². The number of rotatable bonds is 7. The Morgan fingerprint density at radius 3 is 2.00 bits per heavy atom. The van der Waals surface area contributed by atoms with Crippen molar-refractivity contribution in [3.63, 3.8) is 0 Å². The highest BCUT2D eigenvalue weighted by atomic mass is 16.5. The maximum atomic E-state index is 12.8. The lowest BCUT2D eigenvalue weighted by atomic mass is 10.1. The van der Waals surface area contributed by atoms with Gasteiger partial charge in [0.1, 0.15) is 5.75 Å². The molecule has 0 N–H and O–H groups in total. The number of carbonyl (C=O) groups is 2. The molecule has 0 bridgehead atoms. The fraction of sp³-hybridized carbons (Fsp3) is 0.364. The zero-order valence-corrected chi connectivity index (χ0v) is 16.8. The standard InChI is InChI=1S/C22H26N2O5/c1-3-28-19-10-6-7-11-20(19)29-16-21(25)23-12-14-24(15-13-23)22(26)17-8-4-5-9-18(17)27-2/h4-11H,3,12-16H2,1-2H3. The summed E-state index contributed by atoms with van der Waals surface area (Å²) in [6, 6.07) is 14.4. The molecule has 2 amide bonds. The lowest BCUT2D eigenvalue weighted by Gasteiger charge is -2.35. The van der Waals surface area contributed by atoms with E-state index in [9.17, 15) is 9.59 Å². The molecule has 2 aromatic carbocycles. The number of hydrogen-bond acceptors (Lipinski definition) is 5.